The average Bonchev–Trinajstić information content (AvgIpc) is 0.904. The highest BCUT2D eigenvalue weighted by molar-refractivity contribution is 6.01. The van der Waals surface area contributed by atoms with Crippen LogP contribution < -0.4 is 16.0 Å². The molecule has 12 amide bonds. The summed E-state index contributed by atoms with van der Waals surface area (Å²) in [5, 5.41) is 8.69. The quantitative estimate of drug-likeness (QED) is 0.117. The van der Waals surface area contributed by atoms with Crippen LogP contribution in [0.5, 0.6) is 0 Å². The van der Waals surface area contributed by atoms with Gasteiger partial charge in [-0.1, -0.05) is 113 Å². The van der Waals surface area contributed by atoms with Gasteiger partial charge in [0, 0.05) is 81.5 Å². The number of likely N-dealkylation sites (N-methyl/N-ethyl adjacent to an activating group) is 6. The zero-order valence-electron chi connectivity index (χ0n) is 67.1. The average molecular weight is 1530 g/mol. The predicted molar refractivity (Wildman–Crippen MR) is 395 cm³/mol. The number of halogens is 5. The van der Waals surface area contributed by atoms with Crippen molar-refractivity contribution in [3.05, 3.63) is 12.2 Å². The number of carbonyl (C=O) groups excluding carboxylic acids is 12. The monoisotopic (exact) mass is 1530 g/mol. The molecule has 0 aromatic heterocycles. The standard InChI is InChI=1S/C78H125F5N12O13/c1-18-24-55-66(99)85-65(47(5)19-2)73(106)94(50-31-32-50)43-63(98)90(15)56-25-22-21-23-34-93(72(56)105)59(37-48-28-26-46(4)27-29-48)70(103)88(13)42-61(96)84-54(33-30-49-35-52(79)64(53(80)36-49)78(81,82)83)68(101)95-41-51(108-20-3)38-57(95)67(100)86-77(44-76(9,10)45-77)74(107)92(17)60(40-75(6,7)8)71(104)91(16)58(69(102)87(11)12)39-62(97)89(55)14/h21-22,46-60,64-65H,18-20,23-45H2,1-17H3,(H,84,96)(H,85,99)(H,86,100)/b22-21-/t46?,47-,48?,49?,51+,52?,53?,54-,55-,56-,57-,58-,59-,60-,64?,65-/m0/s1. The lowest BCUT2D eigenvalue weighted by molar-refractivity contribution is -0.219. The third-order valence-corrected chi connectivity index (χ3v) is 23.8. The highest BCUT2D eigenvalue weighted by atomic mass is 19.4. The van der Waals surface area contributed by atoms with Gasteiger partial charge in [-0.15, -0.1) is 0 Å². The second kappa shape index (κ2) is 36.9. The Bertz CT molecular complexity index is 3250. The Labute approximate surface area is 635 Å². The van der Waals surface area contributed by atoms with Crippen molar-refractivity contribution in [1.29, 1.82) is 0 Å². The van der Waals surface area contributed by atoms with Gasteiger partial charge in [0.1, 0.15) is 78.7 Å². The Hall–Kier alpha value is -7.01. The molecule has 30 heteroatoms. The van der Waals surface area contributed by atoms with Crippen molar-refractivity contribution in [2.45, 2.75) is 289 Å². The number of amides is 12. The molecular weight excluding hydrogens is 1410 g/mol. The number of rotatable bonds is 14. The van der Waals surface area contributed by atoms with Gasteiger partial charge in [0.25, 0.3) is 0 Å². The molecule has 6 fully saturated rings. The van der Waals surface area contributed by atoms with Crippen molar-refractivity contribution in [3.63, 3.8) is 0 Å². The normalized spacial score (nSPS) is 32.2. The van der Waals surface area contributed by atoms with Crippen LogP contribution in [0, 0.1) is 40.4 Å². The number of hydrogen-bond acceptors (Lipinski definition) is 13. The number of nitrogens with zero attached hydrogens (tertiary/aromatic N) is 9. The van der Waals surface area contributed by atoms with E-state index in [4.69, 9.17) is 4.74 Å². The number of fused-ring (bicyclic) bond motifs is 3. The molecular formula is C78H125F5N12O13. The minimum Gasteiger partial charge on any atom is -0.377 e. The van der Waals surface area contributed by atoms with Crippen molar-refractivity contribution in [2.75, 3.05) is 82.1 Å². The van der Waals surface area contributed by atoms with E-state index in [1.807, 2.05) is 54.5 Å². The van der Waals surface area contributed by atoms with Crippen LogP contribution in [0.2, 0.25) is 0 Å². The number of nitrogens with one attached hydrogen (secondary N) is 3. The zero-order valence-corrected chi connectivity index (χ0v) is 67.1. The summed E-state index contributed by atoms with van der Waals surface area (Å²) < 4.78 is 79.2. The lowest BCUT2D eigenvalue weighted by Crippen LogP contribution is -2.71. The van der Waals surface area contributed by atoms with Gasteiger partial charge in [-0.05, 0) is 125 Å². The Morgan fingerprint density at radius 1 is 0.667 bits per heavy atom. The summed E-state index contributed by atoms with van der Waals surface area (Å²) in [6, 6.07) is -11.1. The van der Waals surface area contributed by atoms with Crippen molar-refractivity contribution in [2.24, 2.45) is 40.4 Å². The maximum absolute atomic E-state index is 15.7. The summed E-state index contributed by atoms with van der Waals surface area (Å²) in [5.41, 5.74) is -3.02. The molecule has 108 heavy (non-hydrogen) atoms. The largest absolute Gasteiger partial charge is 0.397 e. The first kappa shape index (κ1) is 88.2. The molecule has 3 aliphatic heterocycles. The smallest absolute Gasteiger partial charge is 0.377 e. The molecule has 12 atom stereocenters. The van der Waals surface area contributed by atoms with Crippen molar-refractivity contribution in [1.82, 2.24) is 60.0 Å². The molecule has 2 saturated heterocycles. The summed E-state index contributed by atoms with van der Waals surface area (Å²) in [7, 11) is 9.88. The topological polar surface area (TPSA) is 279 Å². The van der Waals surface area contributed by atoms with Crippen molar-refractivity contribution in [3.8, 4) is 0 Å². The molecule has 7 aliphatic rings. The maximum atomic E-state index is 15.7. The number of carbonyl (C=O) groups is 12. The van der Waals surface area contributed by atoms with E-state index < -0.39 is 223 Å². The van der Waals surface area contributed by atoms with Crippen LogP contribution in [0.3, 0.4) is 0 Å². The van der Waals surface area contributed by atoms with Crippen LogP contribution in [-0.4, -0.2) is 282 Å². The number of ether oxygens (including phenoxy) is 1. The van der Waals surface area contributed by atoms with E-state index in [0.717, 1.165) is 35.5 Å². The molecule has 0 aromatic carbocycles. The van der Waals surface area contributed by atoms with E-state index in [9.17, 15) is 37.1 Å². The van der Waals surface area contributed by atoms with Crippen LogP contribution in [-0.2, 0) is 62.3 Å². The molecule has 0 radical (unpaired) electrons. The Balaban J connectivity index is 1.34. The van der Waals surface area contributed by atoms with E-state index in [1.54, 1.807) is 19.9 Å². The van der Waals surface area contributed by atoms with E-state index in [2.05, 4.69) is 22.9 Å². The van der Waals surface area contributed by atoms with E-state index in [1.165, 1.54) is 83.6 Å². The number of hydrogen-bond donors (Lipinski definition) is 3. The molecule has 3 heterocycles. The predicted octanol–water partition coefficient (Wildman–Crippen LogP) is 6.98. The van der Waals surface area contributed by atoms with E-state index in [0.29, 0.717) is 38.0 Å². The molecule has 2 bridgehead atoms. The molecule has 1 spiro atoms. The Morgan fingerprint density at radius 2 is 1.30 bits per heavy atom. The Kier molecular flexibility index (Phi) is 30.1. The van der Waals surface area contributed by atoms with E-state index >= 15 is 42.3 Å². The highest BCUT2D eigenvalue weighted by Gasteiger charge is 2.60. The first-order chi connectivity index (χ1) is 50.4. The molecule has 3 N–H and O–H groups in total. The van der Waals surface area contributed by atoms with Gasteiger partial charge < -0.3 is 64.8 Å². The third-order valence-electron chi connectivity index (χ3n) is 23.8. The molecule has 0 aromatic rings. The summed E-state index contributed by atoms with van der Waals surface area (Å²) in [6.07, 6.45) is -4.75. The second-order valence-corrected chi connectivity index (χ2v) is 34.6. The van der Waals surface area contributed by atoms with Gasteiger partial charge in [-0.3, -0.25) is 57.5 Å². The highest BCUT2D eigenvalue weighted by Crippen LogP contribution is 2.50. The van der Waals surface area contributed by atoms with Gasteiger partial charge in [-0.2, -0.15) is 13.2 Å². The third kappa shape index (κ3) is 21.8. The molecule has 7 rings (SSSR count). The molecule has 4 aliphatic carbocycles. The summed E-state index contributed by atoms with van der Waals surface area (Å²) in [5.74, 6) is -12.6. The Morgan fingerprint density at radius 3 is 1.85 bits per heavy atom. The first-order valence-electron chi connectivity index (χ1n) is 39.4. The van der Waals surface area contributed by atoms with Crippen LogP contribution in [0.15, 0.2) is 12.2 Å². The molecule has 610 valence electrons. The van der Waals surface area contributed by atoms with Gasteiger partial charge in [0.2, 0.25) is 70.9 Å². The van der Waals surface area contributed by atoms with Crippen molar-refractivity contribution < 1.29 is 84.2 Å². The second-order valence-electron chi connectivity index (χ2n) is 34.6. The lowest BCUT2D eigenvalue weighted by atomic mass is 9.58. The molecule has 4 saturated carbocycles. The summed E-state index contributed by atoms with van der Waals surface area (Å²) in [4.78, 5) is 194. The lowest BCUT2D eigenvalue weighted by Gasteiger charge is -2.54. The van der Waals surface area contributed by atoms with Gasteiger partial charge in [-0.25, -0.2) is 8.78 Å². The minimum atomic E-state index is -5.18. The van der Waals surface area contributed by atoms with Crippen LogP contribution >= 0.6 is 0 Å². The van der Waals surface area contributed by atoms with Gasteiger partial charge in [0.05, 0.1) is 19.1 Å². The van der Waals surface area contributed by atoms with E-state index in [-0.39, 0.29) is 77.0 Å². The minimum absolute atomic E-state index is 0.00315. The van der Waals surface area contributed by atoms with Crippen LogP contribution in [0.1, 0.15) is 204 Å². The summed E-state index contributed by atoms with van der Waals surface area (Å²) in [6.45, 7) is 17.3. The zero-order chi connectivity index (χ0) is 80.6. The van der Waals surface area contributed by atoms with Gasteiger partial charge >= 0.3 is 6.18 Å². The van der Waals surface area contributed by atoms with Crippen LogP contribution in [0.4, 0.5) is 22.0 Å². The molecule has 25 nitrogen and oxygen atoms in total. The SMILES string of the molecule is CCC[C@H]1C(=O)N[C@@H]([C@@H](C)CC)C(=O)N(C2CC2)CC(=O)N(C)[C@H]2C/C=C\CCN(C2=O)[C@@H](CC2CCC(C)CC2)C(=O)N(C)CC(=O)N[C@@H](CCC2CC(F)C(C(F)(F)F)C(F)C2)C(=O)N2C[C@H](OCC)C[C@H]2C(=O)NC2(CC(C)(C)C2)C(=O)N(C)[C@@H](CC(C)(C)C)C(=O)N(C)[C@H](C(=O)N(C)C)CC(=O)N1C. The first-order valence-corrected chi connectivity index (χ1v) is 39.4. The fraction of sp³-hybridized carbons (Fsp3) is 0.821. The fourth-order valence-electron chi connectivity index (χ4n) is 17.3. The fourth-order valence-corrected chi connectivity index (χ4v) is 17.3. The number of alkyl halides is 5. The van der Waals surface area contributed by atoms with Gasteiger partial charge in [0.15, 0.2) is 0 Å². The maximum Gasteiger partial charge on any atom is 0.397 e. The van der Waals surface area contributed by atoms with Crippen molar-refractivity contribution >= 4 is 70.9 Å². The molecule has 2 unspecified atom stereocenters. The van der Waals surface area contributed by atoms with Crippen LogP contribution in [0.25, 0.3) is 0 Å². The summed E-state index contributed by atoms with van der Waals surface area (Å²) >= 11 is 0.